The van der Waals surface area contributed by atoms with Gasteiger partial charge in [0, 0.05) is 23.6 Å². The molecule has 0 spiro atoms. The van der Waals surface area contributed by atoms with Gasteiger partial charge in [-0.05, 0) is 39.3 Å². The van der Waals surface area contributed by atoms with Gasteiger partial charge >= 0.3 is 0 Å². The monoisotopic (exact) mass is 331 g/mol. The van der Waals surface area contributed by atoms with E-state index < -0.39 is 31.6 Å². The number of hydrogen-bond acceptors (Lipinski definition) is 3. The van der Waals surface area contributed by atoms with E-state index in [9.17, 15) is 17.2 Å². The van der Waals surface area contributed by atoms with Crippen molar-refractivity contribution < 1.29 is 17.2 Å². The van der Waals surface area contributed by atoms with E-state index in [0.717, 1.165) is 0 Å². The second-order valence-electron chi connectivity index (χ2n) is 7.16. The van der Waals surface area contributed by atoms with Crippen molar-refractivity contribution in [1.29, 1.82) is 0 Å². The van der Waals surface area contributed by atoms with Crippen LogP contribution in [0.1, 0.15) is 39.7 Å². The van der Waals surface area contributed by atoms with Gasteiger partial charge in [-0.1, -0.05) is 13.0 Å². The van der Waals surface area contributed by atoms with E-state index in [1.807, 2.05) is 0 Å². The summed E-state index contributed by atoms with van der Waals surface area (Å²) in [5.74, 6) is -1.08. The Balaban J connectivity index is 1.99. The van der Waals surface area contributed by atoms with Gasteiger partial charge in [-0.25, -0.2) is 17.2 Å². The molecule has 0 bridgehead atoms. The molecule has 6 heteroatoms. The van der Waals surface area contributed by atoms with Crippen LogP contribution in [0.3, 0.4) is 0 Å². The van der Waals surface area contributed by atoms with Gasteiger partial charge in [-0.2, -0.15) is 0 Å². The standard InChI is InChI=1S/C16H23F2NO2S/c1-15(2,3)22(20,21)9-8-19-13-10-16(13,4)14-11(17)6-5-7-12(14)18/h5-7,13,19H,8-10H2,1-4H3. The average Bonchev–Trinajstić information content (AvgIpc) is 2.98. The molecule has 0 radical (unpaired) electrons. The molecule has 2 unspecified atom stereocenters. The van der Waals surface area contributed by atoms with Crippen LogP contribution in [0.25, 0.3) is 0 Å². The SMILES string of the molecule is CC1(c2c(F)cccc2F)CC1NCCS(=O)(=O)C(C)(C)C. The van der Waals surface area contributed by atoms with Gasteiger partial charge in [0.2, 0.25) is 0 Å². The zero-order valence-electron chi connectivity index (χ0n) is 13.4. The van der Waals surface area contributed by atoms with Crippen molar-refractivity contribution in [3.8, 4) is 0 Å². The van der Waals surface area contributed by atoms with Crippen LogP contribution in [0.4, 0.5) is 8.78 Å². The smallest absolute Gasteiger partial charge is 0.156 e. The van der Waals surface area contributed by atoms with Gasteiger partial charge in [-0.15, -0.1) is 0 Å². The second kappa shape index (κ2) is 5.57. The van der Waals surface area contributed by atoms with E-state index >= 15 is 0 Å². The van der Waals surface area contributed by atoms with Crippen LogP contribution in [-0.2, 0) is 15.3 Å². The zero-order chi connectivity index (χ0) is 16.8. The quantitative estimate of drug-likeness (QED) is 0.902. The Morgan fingerprint density at radius 3 is 2.32 bits per heavy atom. The largest absolute Gasteiger partial charge is 0.312 e. The number of rotatable bonds is 5. The van der Waals surface area contributed by atoms with Crippen LogP contribution in [0.15, 0.2) is 18.2 Å². The molecule has 1 aromatic rings. The second-order valence-corrected chi connectivity index (χ2v) is 10.0. The van der Waals surface area contributed by atoms with Crippen LogP contribution in [0, 0.1) is 11.6 Å². The van der Waals surface area contributed by atoms with Crippen molar-refractivity contribution in [1.82, 2.24) is 5.32 Å². The van der Waals surface area contributed by atoms with Gasteiger partial charge in [0.25, 0.3) is 0 Å². The summed E-state index contributed by atoms with van der Waals surface area (Å²) in [4.78, 5) is 0. The van der Waals surface area contributed by atoms with Crippen LogP contribution in [0.2, 0.25) is 0 Å². The maximum Gasteiger partial charge on any atom is 0.156 e. The summed E-state index contributed by atoms with van der Waals surface area (Å²) < 4.78 is 51.0. The van der Waals surface area contributed by atoms with Gasteiger partial charge < -0.3 is 5.32 Å². The number of hydrogen-bond donors (Lipinski definition) is 1. The van der Waals surface area contributed by atoms with E-state index in [4.69, 9.17) is 0 Å². The highest BCUT2D eigenvalue weighted by Gasteiger charge is 2.53. The van der Waals surface area contributed by atoms with E-state index in [0.29, 0.717) is 6.42 Å². The third-order valence-electron chi connectivity index (χ3n) is 4.47. The van der Waals surface area contributed by atoms with Crippen LogP contribution in [-0.4, -0.2) is 31.5 Å². The third kappa shape index (κ3) is 3.18. The Hall–Kier alpha value is -1.01. The lowest BCUT2D eigenvalue weighted by Crippen LogP contribution is -2.36. The minimum Gasteiger partial charge on any atom is -0.312 e. The normalized spacial score (nSPS) is 25.3. The van der Waals surface area contributed by atoms with Crippen molar-refractivity contribution in [2.24, 2.45) is 0 Å². The summed E-state index contributed by atoms with van der Waals surface area (Å²) in [6.45, 7) is 7.08. The van der Waals surface area contributed by atoms with Crippen LogP contribution >= 0.6 is 0 Å². The Labute approximate surface area is 131 Å². The lowest BCUT2D eigenvalue weighted by molar-refractivity contribution is 0.509. The molecular formula is C16H23F2NO2S. The van der Waals surface area contributed by atoms with Crippen LogP contribution in [0.5, 0.6) is 0 Å². The van der Waals surface area contributed by atoms with Crippen molar-refractivity contribution in [2.45, 2.75) is 50.3 Å². The molecule has 1 aliphatic carbocycles. The van der Waals surface area contributed by atoms with Crippen LogP contribution < -0.4 is 5.32 Å². The Morgan fingerprint density at radius 1 is 1.27 bits per heavy atom. The molecule has 0 heterocycles. The fourth-order valence-electron chi connectivity index (χ4n) is 2.66. The summed E-state index contributed by atoms with van der Waals surface area (Å²) in [5.41, 5.74) is -0.521. The highest BCUT2D eigenvalue weighted by molar-refractivity contribution is 7.92. The number of halogens is 2. The minimum absolute atomic E-state index is 0.0167. The predicted molar refractivity (Wildman–Crippen MR) is 83.7 cm³/mol. The third-order valence-corrected chi connectivity index (χ3v) is 7.07. The lowest BCUT2D eigenvalue weighted by atomic mass is 9.96. The van der Waals surface area contributed by atoms with Crippen molar-refractivity contribution in [3.05, 3.63) is 35.4 Å². The van der Waals surface area contributed by atoms with Gasteiger partial charge in [0.05, 0.1) is 10.5 Å². The van der Waals surface area contributed by atoms with Gasteiger partial charge in [-0.3, -0.25) is 0 Å². The first kappa shape index (κ1) is 17.3. The molecule has 1 saturated carbocycles. The molecule has 2 rings (SSSR count). The molecule has 22 heavy (non-hydrogen) atoms. The Bertz CT molecular complexity index is 647. The van der Waals surface area contributed by atoms with E-state index in [1.165, 1.54) is 18.2 Å². The number of nitrogens with one attached hydrogen (secondary N) is 1. The van der Waals surface area contributed by atoms with Crippen molar-refractivity contribution in [3.63, 3.8) is 0 Å². The van der Waals surface area contributed by atoms with E-state index in [2.05, 4.69) is 5.32 Å². The first-order valence-corrected chi connectivity index (χ1v) is 9.04. The highest BCUT2D eigenvalue weighted by Crippen LogP contribution is 2.49. The fourth-order valence-corrected chi connectivity index (χ4v) is 3.65. The van der Waals surface area contributed by atoms with E-state index in [1.54, 1.807) is 27.7 Å². The van der Waals surface area contributed by atoms with Crippen molar-refractivity contribution >= 4 is 9.84 Å². The topological polar surface area (TPSA) is 46.2 Å². The summed E-state index contributed by atoms with van der Waals surface area (Å²) in [6.07, 6.45) is 0.598. The highest BCUT2D eigenvalue weighted by atomic mass is 32.2. The summed E-state index contributed by atoms with van der Waals surface area (Å²) in [5, 5.41) is 3.12. The van der Waals surface area contributed by atoms with E-state index in [-0.39, 0.29) is 23.9 Å². The van der Waals surface area contributed by atoms with Crippen molar-refractivity contribution in [2.75, 3.05) is 12.3 Å². The molecule has 2 atom stereocenters. The molecular weight excluding hydrogens is 308 g/mol. The summed E-state index contributed by atoms with van der Waals surface area (Å²) in [7, 11) is -3.19. The van der Waals surface area contributed by atoms with Gasteiger partial charge in [0.1, 0.15) is 11.6 Å². The number of sulfone groups is 1. The summed E-state index contributed by atoms with van der Waals surface area (Å²) in [6, 6.07) is 3.75. The molecule has 1 fully saturated rings. The first-order chi connectivity index (χ1) is 9.99. The lowest BCUT2D eigenvalue weighted by Gasteiger charge is -2.20. The maximum absolute atomic E-state index is 13.9. The number of benzene rings is 1. The fraction of sp³-hybridized carbons (Fsp3) is 0.625. The Kier molecular flexibility index (Phi) is 4.39. The molecule has 3 nitrogen and oxygen atoms in total. The molecule has 1 N–H and O–H groups in total. The molecule has 0 aromatic heterocycles. The summed E-state index contributed by atoms with van der Waals surface area (Å²) >= 11 is 0. The molecule has 0 amide bonds. The molecule has 0 aliphatic heterocycles. The molecule has 124 valence electrons. The zero-order valence-corrected chi connectivity index (χ0v) is 14.2. The average molecular weight is 331 g/mol. The maximum atomic E-state index is 13.9. The first-order valence-electron chi connectivity index (χ1n) is 7.39. The van der Waals surface area contributed by atoms with Gasteiger partial charge in [0.15, 0.2) is 9.84 Å². The molecule has 1 aliphatic rings. The Morgan fingerprint density at radius 2 is 1.82 bits per heavy atom. The molecule has 0 saturated heterocycles. The predicted octanol–water partition coefficient (Wildman–Crippen LogP) is 2.80. The minimum atomic E-state index is -3.19. The molecule has 1 aromatic carbocycles.